The van der Waals surface area contributed by atoms with Gasteiger partial charge in [-0.15, -0.1) is 0 Å². The lowest BCUT2D eigenvalue weighted by Gasteiger charge is -2.11. The molecule has 0 saturated carbocycles. The van der Waals surface area contributed by atoms with E-state index in [9.17, 15) is 19.8 Å². The molecule has 0 unspecified atom stereocenters. The first-order valence-corrected chi connectivity index (χ1v) is 7.87. The second-order valence-corrected chi connectivity index (χ2v) is 5.32. The monoisotopic (exact) mass is 353 g/mol. The summed E-state index contributed by atoms with van der Waals surface area (Å²) < 4.78 is 8.31. The number of imidazole rings is 2. The molecular formula is C16H27N5O4. The Morgan fingerprint density at radius 2 is 1.40 bits per heavy atom. The van der Waals surface area contributed by atoms with Crippen LogP contribution in [0.15, 0.2) is 37.4 Å². The molecule has 0 saturated heterocycles. The Morgan fingerprint density at radius 1 is 1.00 bits per heavy atom. The van der Waals surface area contributed by atoms with E-state index in [0.717, 1.165) is 13.1 Å². The molecule has 0 aliphatic carbocycles. The average molecular weight is 353 g/mol. The largest absolute Gasteiger partial charge is 0.550 e. The first-order valence-electron chi connectivity index (χ1n) is 7.87. The van der Waals surface area contributed by atoms with Gasteiger partial charge in [0.1, 0.15) is 24.8 Å². The number of carboxylic acids is 2. The predicted molar refractivity (Wildman–Crippen MR) is 85.2 cm³/mol. The number of aryl methyl sites for hydroxylation is 4. The Kier molecular flexibility index (Phi) is 10.5. The first kappa shape index (κ1) is 22.3. The Hall–Kier alpha value is -2.68. The van der Waals surface area contributed by atoms with E-state index in [2.05, 4.69) is 48.0 Å². The zero-order chi connectivity index (χ0) is 19.4. The highest BCUT2D eigenvalue weighted by Crippen LogP contribution is 1.82. The first-order chi connectivity index (χ1) is 11.7. The van der Waals surface area contributed by atoms with Gasteiger partial charge in [0.2, 0.25) is 12.7 Å². The zero-order valence-electron chi connectivity index (χ0n) is 15.2. The molecule has 2 aromatic heterocycles. The lowest BCUT2D eigenvalue weighted by atomic mass is 10.2. The third-order valence-electron chi connectivity index (χ3n) is 3.07. The fraction of sp³-hybridized carbons (Fsp3) is 0.500. The van der Waals surface area contributed by atoms with Crippen LogP contribution in [0.1, 0.15) is 20.3 Å². The van der Waals surface area contributed by atoms with Gasteiger partial charge in [-0.3, -0.25) is 0 Å². The lowest BCUT2D eigenvalue weighted by Crippen LogP contribution is -2.45. The number of hydrogen-bond acceptors (Lipinski definition) is 5. The van der Waals surface area contributed by atoms with E-state index in [1.54, 1.807) is 0 Å². The molecule has 0 amide bonds. The van der Waals surface area contributed by atoms with Gasteiger partial charge in [-0.2, -0.15) is 0 Å². The summed E-state index contributed by atoms with van der Waals surface area (Å²) in [5.41, 5.74) is 4.73. The maximum atomic E-state index is 9.71. The van der Waals surface area contributed by atoms with Crippen LogP contribution in [0.4, 0.5) is 0 Å². The van der Waals surface area contributed by atoms with E-state index in [-0.39, 0.29) is 0 Å². The maximum absolute atomic E-state index is 9.71. The quantitative estimate of drug-likeness (QED) is 0.569. The molecule has 0 aliphatic heterocycles. The Labute approximate surface area is 147 Å². The fourth-order valence-corrected chi connectivity index (χ4v) is 1.64. The number of nitrogens with two attached hydrogens (primary N) is 1. The molecule has 0 fully saturated rings. The smallest absolute Gasteiger partial charge is 0.243 e. The molecular weight excluding hydrogens is 326 g/mol. The van der Waals surface area contributed by atoms with Gasteiger partial charge in [0.05, 0.1) is 33.2 Å². The van der Waals surface area contributed by atoms with Crippen LogP contribution in [0, 0.1) is 0 Å². The molecule has 2 N–H and O–H groups in total. The second-order valence-electron chi connectivity index (χ2n) is 5.32. The van der Waals surface area contributed by atoms with E-state index in [1.165, 1.54) is 0 Å². The van der Waals surface area contributed by atoms with Crippen molar-refractivity contribution in [2.24, 2.45) is 19.8 Å². The van der Waals surface area contributed by atoms with Crippen LogP contribution in [0.3, 0.4) is 0 Å². The van der Waals surface area contributed by atoms with Crippen molar-refractivity contribution in [3.8, 4) is 0 Å². The van der Waals surface area contributed by atoms with Gasteiger partial charge in [-0.1, -0.05) is 0 Å². The highest BCUT2D eigenvalue weighted by Gasteiger charge is 2.01. The van der Waals surface area contributed by atoms with Gasteiger partial charge in [-0.25, -0.2) is 18.3 Å². The molecule has 0 bridgehead atoms. The highest BCUT2D eigenvalue weighted by molar-refractivity contribution is 5.77. The van der Waals surface area contributed by atoms with Gasteiger partial charge in [0.25, 0.3) is 0 Å². The van der Waals surface area contributed by atoms with E-state index in [4.69, 9.17) is 5.73 Å². The molecule has 2 rings (SSSR count). The number of hydrogen-bond donors (Lipinski definition) is 1. The summed E-state index contributed by atoms with van der Waals surface area (Å²) >= 11 is 0. The van der Waals surface area contributed by atoms with Gasteiger partial charge in [0.15, 0.2) is 0 Å². The van der Waals surface area contributed by atoms with Crippen LogP contribution < -0.4 is 25.1 Å². The second kappa shape index (κ2) is 11.8. The third-order valence-corrected chi connectivity index (χ3v) is 3.07. The summed E-state index contributed by atoms with van der Waals surface area (Å²) in [7, 11) is 4.04. The Bertz CT molecular complexity index is 610. The molecule has 9 heteroatoms. The van der Waals surface area contributed by atoms with Gasteiger partial charge in [-0.05, 0) is 13.8 Å². The number of carboxylic acid groups (broad SMARTS) is 2. The predicted octanol–water partition coefficient (Wildman–Crippen LogP) is -3.13. The van der Waals surface area contributed by atoms with Crippen molar-refractivity contribution >= 4 is 11.9 Å². The summed E-state index contributed by atoms with van der Waals surface area (Å²) in [5, 5.41) is 19.3. The number of aliphatic carboxylic acids is 2. The minimum Gasteiger partial charge on any atom is -0.550 e. The molecule has 140 valence electrons. The molecule has 25 heavy (non-hydrogen) atoms. The number of carbonyl (C=O) groups is 2. The standard InChI is InChI=1S/2C6H11N2.C4H7NO4/c2*1-3-8-5-4-7(2)6-8;5-2(4(8)9)1-3(6)7/h2*4-6H,3H2,1-2H3;2H,1,5H2,(H,6,7)(H,8,9)/q2*+1;/p-2/t;;2-/m..0/s1. The van der Waals surface area contributed by atoms with Crippen molar-refractivity contribution in [1.29, 1.82) is 0 Å². The zero-order valence-corrected chi connectivity index (χ0v) is 15.2. The van der Waals surface area contributed by atoms with E-state index in [0.29, 0.717) is 0 Å². The summed E-state index contributed by atoms with van der Waals surface area (Å²) in [6.07, 6.45) is 11.6. The van der Waals surface area contributed by atoms with E-state index in [1.807, 2.05) is 35.6 Å². The van der Waals surface area contributed by atoms with Crippen molar-refractivity contribution in [2.45, 2.75) is 39.4 Å². The fourth-order valence-electron chi connectivity index (χ4n) is 1.64. The molecule has 0 spiro atoms. The average Bonchev–Trinajstić information content (AvgIpc) is 3.15. The van der Waals surface area contributed by atoms with E-state index < -0.39 is 24.4 Å². The van der Waals surface area contributed by atoms with Gasteiger partial charge < -0.3 is 25.5 Å². The minimum absolute atomic E-state index is 0.706. The van der Waals surface area contributed by atoms with Gasteiger partial charge in [0, 0.05) is 18.4 Å². The third kappa shape index (κ3) is 10.7. The highest BCUT2D eigenvalue weighted by atomic mass is 16.4. The summed E-state index contributed by atoms with van der Waals surface area (Å²) in [5.74, 6) is -3.08. The number of aromatic nitrogens is 4. The Morgan fingerprint density at radius 3 is 1.52 bits per heavy atom. The maximum Gasteiger partial charge on any atom is 0.243 e. The SMILES string of the molecule is CCn1cc[n+](C)c1.CCn1cc[n+](C)c1.N[C@@H](CC(=O)[O-])C(=O)[O-]. The molecule has 9 nitrogen and oxygen atoms in total. The van der Waals surface area contributed by atoms with Crippen molar-refractivity contribution in [3.05, 3.63) is 37.4 Å². The van der Waals surface area contributed by atoms with Crippen molar-refractivity contribution in [1.82, 2.24) is 9.13 Å². The lowest BCUT2D eigenvalue weighted by molar-refractivity contribution is -0.671. The minimum atomic E-state index is -1.58. The molecule has 2 aromatic rings. The van der Waals surface area contributed by atoms with Crippen molar-refractivity contribution in [3.63, 3.8) is 0 Å². The topological polar surface area (TPSA) is 124 Å². The summed E-state index contributed by atoms with van der Waals surface area (Å²) in [6.45, 7) is 6.36. The number of nitrogens with zero attached hydrogens (tertiary/aromatic N) is 4. The van der Waals surface area contributed by atoms with Crippen molar-refractivity contribution in [2.75, 3.05) is 0 Å². The Balaban J connectivity index is 0.000000346. The summed E-state index contributed by atoms with van der Waals surface area (Å²) in [4.78, 5) is 19.3. The van der Waals surface area contributed by atoms with Crippen LogP contribution in [-0.2, 0) is 36.8 Å². The van der Waals surface area contributed by atoms with Crippen LogP contribution in [0.2, 0.25) is 0 Å². The van der Waals surface area contributed by atoms with Crippen LogP contribution in [-0.4, -0.2) is 27.1 Å². The van der Waals surface area contributed by atoms with Crippen molar-refractivity contribution < 1.29 is 28.9 Å². The van der Waals surface area contributed by atoms with Crippen LogP contribution in [0.25, 0.3) is 0 Å². The normalized spacial score (nSPS) is 10.8. The molecule has 1 atom stereocenters. The number of carbonyl (C=O) groups excluding carboxylic acids is 2. The molecule has 0 aromatic carbocycles. The molecule has 0 radical (unpaired) electrons. The van der Waals surface area contributed by atoms with Crippen LogP contribution >= 0.6 is 0 Å². The van der Waals surface area contributed by atoms with Gasteiger partial charge >= 0.3 is 0 Å². The van der Waals surface area contributed by atoms with Crippen LogP contribution in [0.5, 0.6) is 0 Å². The van der Waals surface area contributed by atoms with E-state index >= 15 is 0 Å². The molecule has 0 aliphatic rings. The molecule has 2 heterocycles. The number of rotatable bonds is 5. The summed E-state index contributed by atoms with van der Waals surface area (Å²) in [6, 6.07) is -1.46.